The summed E-state index contributed by atoms with van der Waals surface area (Å²) in [6.45, 7) is 2.08. The van der Waals surface area contributed by atoms with Crippen molar-refractivity contribution in [3.63, 3.8) is 0 Å². The maximum atomic E-state index is 10.8. The molecule has 3 aromatic rings. The maximum Gasteiger partial charge on any atom is 0.352 e. The molecule has 0 aliphatic rings. The molecule has 90 valence electrons. The van der Waals surface area contributed by atoms with Crippen LogP contribution in [0.2, 0.25) is 0 Å². The number of rotatable bonds is 2. The van der Waals surface area contributed by atoms with Crippen molar-refractivity contribution in [1.29, 1.82) is 0 Å². The van der Waals surface area contributed by atoms with Gasteiger partial charge in [0.25, 0.3) is 0 Å². The Bertz CT molecular complexity index is 739. The van der Waals surface area contributed by atoms with Crippen LogP contribution in [0.15, 0.2) is 36.4 Å². The summed E-state index contributed by atoms with van der Waals surface area (Å²) >= 11 is 1.67. The Labute approximate surface area is 108 Å². The van der Waals surface area contributed by atoms with Crippen molar-refractivity contribution < 1.29 is 9.90 Å². The number of carbonyl (C=O) groups is 1. The van der Waals surface area contributed by atoms with E-state index in [9.17, 15) is 4.79 Å². The summed E-state index contributed by atoms with van der Waals surface area (Å²) < 4.78 is 1.22. The standard InChI is InChI=1S/C14H11NO2S/c1-8-3-2-4-12-9(8)7-13(18-12)10-5-6-11(15-10)14(16)17/h2-7,15H,1H3,(H,16,17). The number of H-pyrrole nitrogens is 1. The second-order valence-electron chi connectivity index (χ2n) is 4.19. The van der Waals surface area contributed by atoms with E-state index in [2.05, 4.69) is 30.1 Å². The molecular formula is C14H11NO2S. The smallest absolute Gasteiger partial charge is 0.352 e. The van der Waals surface area contributed by atoms with Gasteiger partial charge in [-0.15, -0.1) is 11.3 Å². The minimum Gasteiger partial charge on any atom is -0.477 e. The number of thiophene rings is 1. The van der Waals surface area contributed by atoms with Gasteiger partial charge in [0.1, 0.15) is 5.69 Å². The second kappa shape index (κ2) is 3.99. The lowest BCUT2D eigenvalue weighted by Crippen LogP contribution is -1.95. The minimum atomic E-state index is -0.932. The van der Waals surface area contributed by atoms with E-state index in [0.29, 0.717) is 0 Å². The first-order chi connectivity index (χ1) is 8.65. The summed E-state index contributed by atoms with van der Waals surface area (Å²) in [5.74, 6) is -0.932. The Morgan fingerprint density at radius 1 is 1.28 bits per heavy atom. The third kappa shape index (κ3) is 1.71. The first-order valence-corrected chi connectivity index (χ1v) is 6.38. The summed E-state index contributed by atoms with van der Waals surface area (Å²) in [4.78, 5) is 14.8. The number of aryl methyl sites for hydroxylation is 1. The highest BCUT2D eigenvalue weighted by Crippen LogP contribution is 2.34. The number of benzene rings is 1. The number of aromatic carboxylic acids is 1. The van der Waals surface area contributed by atoms with Crippen LogP contribution in [0.25, 0.3) is 20.7 Å². The number of nitrogens with one attached hydrogen (secondary N) is 1. The Morgan fingerprint density at radius 3 is 2.78 bits per heavy atom. The van der Waals surface area contributed by atoms with Crippen LogP contribution in [-0.2, 0) is 0 Å². The number of hydrogen-bond acceptors (Lipinski definition) is 2. The van der Waals surface area contributed by atoms with Gasteiger partial charge in [0.2, 0.25) is 0 Å². The van der Waals surface area contributed by atoms with E-state index in [1.54, 1.807) is 17.4 Å². The predicted molar refractivity (Wildman–Crippen MR) is 73.3 cm³/mol. The van der Waals surface area contributed by atoms with Gasteiger partial charge in [0, 0.05) is 4.70 Å². The van der Waals surface area contributed by atoms with Crippen molar-refractivity contribution in [2.24, 2.45) is 0 Å². The lowest BCUT2D eigenvalue weighted by molar-refractivity contribution is 0.0691. The Balaban J connectivity index is 2.13. The predicted octanol–water partition coefficient (Wildman–Crippen LogP) is 3.90. The number of fused-ring (bicyclic) bond motifs is 1. The van der Waals surface area contributed by atoms with Crippen molar-refractivity contribution in [3.05, 3.63) is 47.7 Å². The number of carboxylic acids is 1. The van der Waals surface area contributed by atoms with Crippen LogP contribution in [-0.4, -0.2) is 16.1 Å². The van der Waals surface area contributed by atoms with Gasteiger partial charge in [-0.25, -0.2) is 4.79 Å². The normalized spacial score (nSPS) is 10.9. The monoisotopic (exact) mass is 257 g/mol. The van der Waals surface area contributed by atoms with E-state index in [1.807, 2.05) is 12.1 Å². The molecule has 18 heavy (non-hydrogen) atoms. The number of hydrogen-bond donors (Lipinski definition) is 2. The van der Waals surface area contributed by atoms with Gasteiger partial charge < -0.3 is 10.1 Å². The number of aromatic nitrogens is 1. The van der Waals surface area contributed by atoms with E-state index >= 15 is 0 Å². The molecule has 0 spiro atoms. The van der Waals surface area contributed by atoms with Crippen LogP contribution in [0.3, 0.4) is 0 Å². The number of aromatic amines is 1. The molecule has 2 aromatic heterocycles. The molecule has 0 saturated heterocycles. The van der Waals surface area contributed by atoms with E-state index in [4.69, 9.17) is 5.11 Å². The highest BCUT2D eigenvalue weighted by molar-refractivity contribution is 7.22. The fraction of sp³-hybridized carbons (Fsp3) is 0.0714. The molecule has 0 aliphatic carbocycles. The van der Waals surface area contributed by atoms with E-state index in [-0.39, 0.29) is 5.69 Å². The molecule has 0 bridgehead atoms. The fourth-order valence-electron chi connectivity index (χ4n) is 2.00. The van der Waals surface area contributed by atoms with Gasteiger partial charge in [0.15, 0.2) is 0 Å². The third-order valence-electron chi connectivity index (χ3n) is 2.96. The molecule has 0 atom stereocenters. The largest absolute Gasteiger partial charge is 0.477 e. The van der Waals surface area contributed by atoms with Crippen molar-refractivity contribution >= 4 is 27.4 Å². The van der Waals surface area contributed by atoms with Crippen LogP contribution in [0.4, 0.5) is 0 Å². The van der Waals surface area contributed by atoms with Crippen molar-refractivity contribution in [3.8, 4) is 10.6 Å². The molecule has 0 radical (unpaired) electrons. The molecule has 1 aromatic carbocycles. The molecule has 2 N–H and O–H groups in total. The third-order valence-corrected chi connectivity index (χ3v) is 4.09. The van der Waals surface area contributed by atoms with Crippen LogP contribution < -0.4 is 0 Å². The van der Waals surface area contributed by atoms with Crippen molar-refractivity contribution in [2.75, 3.05) is 0 Å². The molecule has 4 heteroatoms. The van der Waals surface area contributed by atoms with E-state index in [0.717, 1.165) is 10.6 Å². The zero-order valence-electron chi connectivity index (χ0n) is 9.73. The van der Waals surface area contributed by atoms with Gasteiger partial charge in [-0.05, 0) is 42.1 Å². The van der Waals surface area contributed by atoms with Gasteiger partial charge in [0.05, 0.1) is 10.6 Å². The summed E-state index contributed by atoms with van der Waals surface area (Å²) in [5, 5.41) is 10.1. The molecule has 3 rings (SSSR count). The van der Waals surface area contributed by atoms with Gasteiger partial charge in [-0.2, -0.15) is 0 Å². The minimum absolute atomic E-state index is 0.221. The van der Waals surface area contributed by atoms with Crippen LogP contribution >= 0.6 is 11.3 Å². The summed E-state index contributed by atoms with van der Waals surface area (Å²) in [7, 11) is 0. The molecule has 3 nitrogen and oxygen atoms in total. The Kier molecular flexibility index (Phi) is 2.45. The van der Waals surface area contributed by atoms with Gasteiger partial charge >= 0.3 is 5.97 Å². The van der Waals surface area contributed by atoms with Gasteiger partial charge in [-0.3, -0.25) is 0 Å². The van der Waals surface area contributed by atoms with Gasteiger partial charge in [-0.1, -0.05) is 12.1 Å². The number of carboxylic acid groups (broad SMARTS) is 1. The topological polar surface area (TPSA) is 53.1 Å². The Hall–Kier alpha value is -2.07. The quantitative estimate of drug-likeness (QED) is 0.731. The first kappa shape index (κ1) is 11.0. The Morgan fingerprint density at radius 2 is 2.11 bits per heavy atom. The van der Waals surface area contributed by atoms with Crippen LogP contribution in [0, 0.1) is 6.92 Å². The molecule has 0 fully saturated rings. The fourth-order valence-corrected chi connectivity index (χ4v) is 3.12. The molecule has 0 aliphatic heterocycles. The summed E-state index contributed by atoms with van der Waals surface area (Å²) in [6.07, 6.45) is 0. The van der Waals surface area contributed by atoms with E-state index in [1.165, 1.54) is 15.6 Å². The molecule has 2 heterocycles. The maximum absolute atomic E-state index is 10.8. The lowest BCUT2D eigenvalue weighted by Gasteiger charge is -1.92. The summed E-state index contributed by atoms with van der Waals surface area (Å²) in [6, 6.07) is 11.7. The van der Waals surface area contributed by atoms with Crippen molar-refractivity contribution in [2.45, 2.75) is 6.92 Å². The van der Waals surface area contributed by atoms with Crippen LogP contribution in [0.5, 0.6) is 0 Å². The molecule has 0 unspecified atom stereocenters. The zero-order valence-corrected chi connectivity index (χ0v) is 10.5. The molecular weight excluding hydrogens is 246 g/mol. The molecule has 0 amide bonds. The highest BCUT2D eigenvalue weighted by atomic mass is 32.1. The molecule has 0 saturated carbocycles. The van der Waals surface area contributed by atoms with E-state index < -0.39 is 5.97 Å². The first-order valence-electron chi connectivity index (χ1n) is 5.57. The lowest BCUT2D eigenvalue weighted by atomic mass is 10.1. The second-order valence-corrected chi connectivity index (χ2v) is 5.27. The van der Waals surface area contributed by atoms with Crippen LogP contribution in [0.1, 0.15) is 16.1 Å². The average Bonchev–Trinajstić information content (AvgIpc) is 2.95. The summed E-state index contributed by atoms with van der Waals surface area (Å²) in [5.41, 5.74) is 2.31. The van der Waals surface area contributed by atoms with Crippen molar-refractivity contribution in [1.82, 2.24) is 4.98 Å². The highest BCUT2D eigenvalue weighted by Gasteiger charge is 2.10. The average molecular weight is 257 g/mol. The zero-order chi connectivity index (χ0) is 12.7. The SMILES string of the molecule is Cc1cccc2sc(-c3ccc(C(=O)O)[nH]3)cc12.